The van der Waals surface area contributed by atoms with Crippen LogP contribution in [0.2, 0.25) is 5.02 Å². The number of sulfonamides is 1. The van der Waals surface area contributed by atoms with Gasteiger partial charge in [0.15, 0.2) is 0 Å². The molecule has 0 fully saturated rings. The van der Waals surface area contributed by atoms with E-state index >= 15 is 0 Å². The summed E-state index contributed by atoms with van der Waals surface area (Å²) in [5.41, 5.74) is 0.615. The highest BCUT2D eigenvalue weighted by Gasteiger charge is 2.27. The van der Waals surface area contributed by atoms with Crippen molar-refractivity contribution in [1.82, 2.24) is 0 Å². The first-order chi connectivity index (χ1) is 10.4. The zero-order chi connectivity index (χ0) is 16.3. The van der Waals surface area contributed by atoms with Crippen LogP contribution in [0.1, 0.15) is 13.8 Å². The first-order valence-electron chi connectivity index (χ1n) is 6.81. The Morgan fingerprint density at radius 1 is 1.09 bits per heavy atom. The summed E-state index contributed by atoms with van der Waals surface area (Å²) in [6.07, 6.45) is 0. The van der Waals surface area contributed by atoms with Gasteiger partial charge in [0.25, 0.3) is 10.0 Å². The Hall–Kier alpha value is -1.72. The minimum Gasteiger partial charge on any atom is -0.495 e. The minimum atomic E-state index is -3.71. The van der Waals surface area contributed by atoms with E-state index in [9.17, 15) is 8.42 Å². The maximum Gasteiger partial charge on any atom is 0.264 e. The molecule has 0 spiro atoms. The van der Waals surface area contributed by atoms with E-state index in [1.54, 1.807) is 30.3 Å². The Morgan fingerprint density at radius 3 is 2.23 bits per heavy atom. The molecule has 0 bridgehead atoms. The van der Waals surface area contributed by atoms with Crippen LogP contribution in [0.3, 0.4) is 0 Å². The zero-order valence-electron chi connectivity index (χ0n) is 12.7. The zero-order valence-corrected chi connectivity index (χ0v) is 14.2. The molecule has 0 aliphatic rings. The lowest BCUT2D eigenvalue weighted by atomic mass is 10.3. The van der Waals surface area contributed by atoms with Gasteiger partial charge in [-0.3, -0.25) is 4.31 Å². The number of nitrogens with zero attached hydrogens (tertiary/aromatic N) is 1. The van der Waals surface area contributed by atoms with Crippen LogP contribution in [0.25, 0.3) is 0 Å². The van der Waals surface area contributed by atoms with Crippen molar-refractivity contribution in [3.8, 4) is 5.75 Å². The van der Waals surface area contributed by atoms with E-state index in [1.165, 1.54) is 23.5 Å². The highest BCUT2D eigenvalue weighted by Crippen LogP contribution is 2.31. The number of anilines is 1. The third-order valence-corrected chi connectivity index (χ3v) is 5.46. The molecule has 0 aliphatic carbocycles. The summed E-state index contributed by atoms with van der Waals surface area (Å²) in [7, 11) is -2.22. The van der Waals surface area contributed by atoms with Crippen LogP contribution in [-0.4, -0.2) is 21.6 Å². The Bertz CT molecular complexity index is 745. The molecule has 0 unspecified atom stereocenters. The van der Waals surface area contributed by atoms with Crippen LogP contribution in [0.15, 0.2) is 53.4 Å². The summed E-state index contributed by atoms with van der Waals surface area (Å²) < 4.78 is 32.4. The number of hydrogen-bond donors (Lipinski definition) is 0. The SMILES string of the molecule is COc1ccc(S(=O)(=O)N(c2ccccc2)C(C)C)cc1Cl. The summed E-state index contributed by atoms with van der Waals surface area (Å²) in [6, 6.07) is 13.2. The van der Waals surface area contributed by atoms with Crippen molar-refractivity contribution in [2.75, 3.05) is 11.4 Å². The molecule has 118 valence electrons. The first-order valence-corrected chi connectivity index (χ1v) is 8.62. The Morgan fingerprint density at radius 2 is 1.73 bits per heavy atom. The molecule has 0 heterocycles. The number of halogens is 1. The van der Waals surface area contributed by atoms with Gasteiger partial charge < -0.3 is 4.74 Å². The van der Waals surface area contributed by atoms with Gasteiger partial charge in [-0.1, -0.05) is 29.8 Å². The largest absolute Gasteiger partial charge is 0.495 e. The third kappa shape index (κ3) is 3.20. The van der Waals surface area contributed by atoms with Crippen LogP contribution >= 0.6 is 11.6 Å². The molecule has 0 atom stereocenters. The minimum absolute atomic E-state index is 0.135. The molecule has 0 saturated heterocycles. The summed E-state index contributed by atoms with van der Waals surface area (Å²) in [5.74, 6) is 0.441. The van der Waals surface area contributed by atoms with E-state index in [2.05, 4.69) is 0 Å². The average molecular weight is 340 g/mol. The molecule has 0 aromatic heterocycles. The molecule has 22 heavy (non-hydrogen) atoms. The van der Waals surface area contributed by atoms with Crippen LogP contribution < -0.4 is 9.04 Å². The average Bonchev–Trinajstić information content (AvgIpc) is 2.47. The maximum absolute atomic E-state index is 13.0. The van der Waals surface area contributed by atoms with Crippen molar-refractivity contribution in [3.05, 3.63) is 53.6 Å². The molecule has 6 heteroatoms. The van der Waals surface area contributed by atoms with E-state index < -0.39 is 10.0 Å². The van der Waals surface area contributed by atoms with Gasteiger partial charge in [0.2, 0.25) is 0 Å². The fourth-order valence-corrected chi connectivity index (χ4v) is 4.22. The van der Waals surface area contributed by atoms with E-state index in [0.717, 1.165) is 0 Å². The lowest BCUT2D eigenvalue weighted by Crippen LogP contribution is -2.37. The summed E-state index contributed by atoms with van der Waals surface area (Å²) in [6.45, 7) is 3.66. The second kappa shape index (κ2) is 6.58. The van der Waals surface area contributed by atoms with Gasteiger partial charge in [0.1, 0.15) is 5.75 Å². The molecule has 0 aliphatic heterocycles. The maximum atomic E-state index is 13.0. The van der Waals surface area contributed by atoms with Gasteiger partial charge in [0.05, 0.1) is 22.7 Å². The number of rotatable bonds is 5. The topological polar surface area (TPSA) is 46.6 Å². The molecule has 0 N–H and O–H groups in total. The van der Waals surface area contributed by atoms with Gasteiger partial charge in [-0.05, 0) is 44.2 Å². The van der Waals surface area contributed by atoms with Crippen molar-refractivity contribution in [2.45, 2.75) is 24.8 Å². The lowest BCUT2D eigenvalue weighted by molar-refractivity contribution is 0.414. The monoisotopic (exact) mass is 339 g/mol. The summed E-state index contributed by atoms with van der Waals surface area (Å²) >= 11 is 6.06. The van der Waals surface area contributed by atoms with Gasteiger partial charge in [0, 0.05) is 6.04 Å². The van der Waals surface area contributed by atoms with Crippen LogP contribution in [0, 0.1) is 0 Å². The van der Waals surface area contributed by atoms with Crippen molar-refractivity contribution >= 4 is 27.3 Å². The van der Waals surface area contributed by atoms with Gasteiger partial charge >= 0.3 is 0 Å². The molecule has 0 amide bonds. The Labute approximate surface area is 136 Å². The smallest absolute Gasteiger partial charge is 0.264 e. The Balaban J connectivity index is 2.53. The highest BCUT2D eigenvalue weighted by molar-refractivity contribution is 7.92. The number of methoxy groups -OCH3 is 1. The number of ether oxygens (including phenoxy) is 1. The van der Waals surface area contributed by atoms with E-state index in [0.29, 0.717) is 11.4 Å². The highest BCUT2D eigenvalue weighted by atomic mass is 35.5. The van der Waals surface area contributed by atoms with Gasteiger partial charge in [-0.15, -0.1) is 0 Å². The van der Waals surface area contributed by atoms with Crippen molar-refractivity contribution in [2.24, 2.45) is 0 Å². The molecule has 2 rings (SSSR count). The van der Waals surface area contributed by atoms with Crippen LogP contribution in [0.4, 0.5) is 5.69 Å². The van der Waals surface area contributed by atoms with Crippen molar-refractivity contribution < 1.29 is 13.2 Å². The number of benzene rings is 2. The lowest BCUT2D eigenvalue weighted by Gasteiger charge is -2.28. The fourth-order valence-electron chi connectivity index (χ4n) is 2.21. The third-order valence-electron chi connectivity index (χ3n) is 3.16. The van der Waals surface area contributed by atoms with Gasteiger partial charge in [-0.2, -0.15) is 0 Å². The molecular weight excluding hydrogens is 322 g/mol. The second-order valence-corrected chi connectivity index (χ2v) is 7.25. The standard InChI is InChI=1S/C16H18ClNO3S/c1-12(2)18(13-7-5-4-6-8-13)22(19,20)14-9-10-16(21-3)15(17)11-14/h4-12H,1-3H3. The predicted molar refractivity (Wildman–Crippen MR) is 89.2 cm³/mol. The Kier molecular flexibility index (Phi) is 4.98. The number of para-hydroxylation sites is 1. The first kappa shape index (κ1) is 16.6. The second-order valence-electron chi connectivity index (χ2n) is 5.03. The van der Waals surface area contributed by atoms with Crippen molar-refractivity contribution in [1.29, 1.82) is 0 Å². The molecule has 0 saturated carbocycles. The molecular formula is C16H18ClNO3S. The molecule has 0 radical (unpaired) electrons. The molecule has 4 nitrogen and oxygen atoms in total. The molecule has 2 aromatic rings. The fraction of sp³-hybridized carbons (Fsp3) is 0.250. The summed E-state index contributed by atoms with van der Waals surface area (Å²) in [4.78, 5) is 0.135. The predicted octanol–water partition coefficient (Wildman–Crippen LogP) is 3.95. The quantitative estimate of drug-likeness (QED) is 0.828. The summed E-state index contributed by atoms with van der Waals surface area (Å²) in [5, 5.41) is 0.264. The number of hydrogen-bond acceptors (Lipinski definition) is 3. The van der Waals surface area contributed by atoms with Crippen molar-refractivity contribution in [3.63, 3.8) is 0 Å². The van der Waals surface area contributed by atoms with E-state index in [1.807, 2.05) is 19.9 Å². The van der Waals surface area contributed by atoms with Gasteiger partial charge in [-0.25, -0.2) is 8.42 Å². The van der Waals surface area contributed by atoms with E-state index in [4.69, 9.17) is 16.3 Å². The molecule has 2 aromatic carbocycles. The van der Waals surface area contributed by atoms with Crippen LogP contribution in [-0.2, 0) is 10.0 Å². The van der Waals surface area contributed by atoms with E-state index in [-0.39, 0.29) is 16.0 Å². The normalized spacial score (nSPS) is 11.5. The van der Waals surface area contributed by atoms with Crippen LogP contribution in [0.5, 0.6) is 5.75 Å².